The molecule has 1 aromatic carbocycles. The van der Waals surface area contributed by atoms with E-state index in [1.807, 2.05) is 13.8 Å². The van der Waals surface area contributed by atoms with Crippen molar-refractivity contribution in [3.63, 3.8) is 0 Å². The Morgan fingerprint density at radius 2 is 1.80 bits per heavy atom. The van der Waals surface area contributed by atoms with Crippen LogP contribution in [-0.4, -0.2) is 57.0 Å². The zero-order chi connectivity index (χ0) is 30.5. The van der Waals surface area contributed by atoms with Gasteiger partial charge in [-0.3, -0.25) is 14.4 Å². The van der Waals surface area contributed by atoms with Gasteiger partial charge in [0.1, 0.15) is 29.5 Å². The van der Waals surface area contributed by atoms with Crippen LogP contribution in [-0.2, 0) is 21.4 Å². The summed E-state index contributed by atoms with van der Waals surface area (Å²) in [5.74, 6) is -3.23. The Labute approximate surface area is 235 Å². The number of likely N-dealkylation sites (tertiary alicyclic amines) is 1. The number of nitrogens with zero attached hydrogens (tertiary/aromatic N) is 3. The van der Waals surface area contributed by atoms with Crippen LogP contribution in [0, 0.1) is 17.6 Å². The summed E-state index contributed by atoms with van der Waals surface area (Å²) in [5.41, 5.74) is 0.242. The van der Waals surface area contributed by atoms with E-state index in [1.54, 1.807) is 14.0 Å². The number of aromatic nitrogens is 2. The van der Waals surface area contributed by atoms with Crippen molar-refractivity contribution in [1.82, 2.24) is 25.1 Å². The average Bonchev–Trinajstić information content (AvgIpc) is 3.27. The van der Waals surface area contributed by atoms with E-state index in [0.29, 0.717) is 25.1 Å². The Bertz CT molecular complexity index is 1250. The molecule has 41 heavy (non-hydrogen) atoms. The fourth-order valence-electron chi connectivity index (χ4n) is 4.85. The maximum Gasteiger partial charge on any atom is 0.408 e. The van der Waals surface area contributed by atoms with Crippen molar-refractivity contribution in [3.8, 4) is 11.3 Å². The number of aryl methyl sites for hydroxylation is 1. The van der Waals surface area contributed by atoms with Gasteiger partial charge in [-0.15, -0.1) is 0 Å². The third kappa shape index (κ3) is 8.49. The van der Waals surface area contributed by atoms with Gasteiger partial charge in [0.05, 0.1) is 18.2 Å². The quantitative estimate of drug-likeness (QED) is 0.392. The van der Waals surface area contributed by atoms with E-state index < -0.39 is 60.1 Å². The summed E-state index contributed by atoms with van der Waals surface area (Å²) in [5, 5.41) is 5.18. The number of carbonyl (C=O) groups excluding carboxylic acids is 3. The average molecular weight is 586 g/mol. The number of benzene rings is 1. The minimum atomic E-state index is -4.61. The molecule has 1 fully saturated rings. The minimum Gasteiger partial charge on any atom is -0.345 e. The maximum absolute atomic E-state index is 14.3. The molecule has 8 nitrogen and oxygen atoms in total. The third-order valence-electron chi connectivity index (χ3n) is 7.05. The second-order valence-corrected chi connectivity index (χ2v) is 10.8. The molecule has 0 aliphatic carbocycles. The molecule has 0 bridgehead atoms. The number of alkyl halides is 3. The molecule has 2 aromatic rings. The van der Waals surface area contributed by atoms with Gasteiger partial charge in [0.25, 0.3) is 0 Å². The summed E-state index contributed by atoms with van der Waals surface area (Å²) in [6.45, 7) is 5.31. The predicted octanol–water partition coefficient (Wildman–Crippen LogP) is 4.80. The highest BCUT2D eigenvalue weighted by Crippen LogP contribution is 2.32. The van der Waals surface area contributed by atoms with Crippen LogP contribution in [0.4, 0.5) is 22.0 Å². The first kappa shape index (κ1) is 32.0. The minimum absolute atomic E-state index is 0.0495. The van der Waals surface area contributed by atoms with E-state index in [9.17, 15) is 36.3 Å². The van der Waals surface area contributed by atoms with Crippen LogP contribution in [0.25, 0.3) is 11.3 Å². The van der Waals surface area contributed by atoms with Crippen LogP contribution in [0.15, 0.2) is 24.4 Å². The molecule has 0 spiro atoms. The molecule has 1 saturated heterocycles. The largest absolute Gasteiger partial charge is 0.408 e. The zero-order valence-corrected chi connectivity index (χ0v) is 23.5. The van der Waals surface area contributed by atoms with E-state index in [-0.39, 0.29) is 36.6 Å². The SMILES string of the molecule is CC(C)CCC(=O)N[C@@H](CC(=O)N1CCCC[C@@H]1C(F)(F)F)C(=O)N[C@@H](C)c1nc(-c2ccc(F)cc2F)cn1C. The van der Waals surface area contributed by atoms with Gasteiger partial charge in [-0.25, -0.2) is 13.8 Å². The summed E-state index contributed by atoms with van der Waals surface area (Å²) >= 11 is 0. The Morgan fingerprint density at radius 1 is 1.10 bits per heavy atom. The summed E-state index contributed by atoms with van der Waals surface area (Å²) in [6.07, 6.45) is -2.66. The van der Waals surface area contributed by atoms with Crippen molar-refractivity contribution in [2.45, 2.75) is 83.6 Å². The first-order chi connectivity index (χ1) is 19.2. The van der Waals surface area contributed by atoms with Gasteiger partial charge in [0, 0.05) is 37.8 Å². The van der Waals surface area contributed by atoms with Crippen molar-refractivity contribution < 1.29 is 36.3 Å². The van der Waals surface area contributed by atoms with Gasteiger partial charge < -0.3 is 20.1 Å². The van der Waals surface area contributed by atoms with Gasteiger partial charge in [-0.2, -0.15) is 13.2 Å². The first-order valence-corrected chi connectivity index (χ1v) is 13.6. The van der Waals surface area contributed by atoms with Gasteiger partial charge in [0.2, 0.25) is 17.7 Å². The zero-order valence-electron chi connectivity index (χ0n) is 23.5. The molecule has 3 amide bonds. The summed E-state index contributed by atoms with van der Waals surface area (Å²) in [4.78, 5) is 44.1. The number of imidazole rings is 1. The monoisotopic (exact) mass is 585 g/mol. The molecular weight excluding hydrogens is 549 g/mol. The fraction of sp³-hybridized carbons (Fsp3) is 0.571. The van der Waals surface area contributed by atoms with Crippen LogP contribution in [0.5, 0.6) is 0 Å². The van der Waals surface area contributed by atoms with E-state index in [4.69, 9.17) is 0 Å². The highest BCUT2D eigenvalue weighted by atomic mass is 19.4. The van der Waals surface area contributed by atoms with Crippen molar-refractivity contribution in [2.24, 2.45) is 13.0 Å². The number of amides is 3. The summed E-state index contributed by atoms with van der Waals surface area (Å²) < 4.78 is 70.0. The second kappa shape index (κ2) is 13.4. The Hall–Kier alpha value is -3.51. The van der Waals surface area contributed by atoms with Crippen LogP contribution in [0.1, 0.15) is 71.2 Å². The Balaban J connectivity index is 1.79. The van der Waals surface area contributed by atoms with E-state index >= 15 is 0 Å². The standard InChI is InChI=1S/C28H36F5N5O3/c1-16(2)8-11-24(39)35-21(14-25(40)38-12-6-5-7-23(38)28(31,32)33)27(41)34-17(3)26-36-22(15-37(26)4)19-10-9-18(29)13-20(19)30/h9-10,13,15-17,21,23H,5-8,11-12,14H2,1-4H3,(H,34,41)(H,35,39)/t17-,21-,23+/m0/s1. The molecule has 3 rings (SSSR count). The summed E-state index contributed by atoms with van der Waals surface area (Å²) in [6, 6.07) is -1.11. The highest BCUT2D eigenvalue weighted by Gasteiger charge is 2.46. The topological polar surface area (TPSA) is 96.3 Å². The molecule has 226 valence electrons. The molecule has 2 N–H and O–H groups in total. The number of carbonyl (C=O) groups is 3. The highest BCUT2D eigenvalue weighted by molar-refractivity contribution is 5.92. The van der Waals surface area contributed by atoms with Crippen LogP contribution >= 0.6 is 0 Å². The van der Waals surface area contributed by atoms with Crippen LogP contribution in [0.2, 0.25) is 0 Å². The third-order valence-corrected chi connectivity index (χ3v) is 7.05. The lowest BCUT2D eigenvalue weighted by Gasteiger charge is -2.37. The predicted molar refractivity (Wildman–Crippen MR) is 141 cm³/mol. The summed E-state index contributed by atoms with van der Waals surface area (Å²) in [7, 11) is 1.61. The number of hydrogen-bond donors (Lipinski definition) is 2. The van der Waals surface area contributed by atoms with E-state index in [0.717, 1.165) is 17.0 Å². The molecule has 0 saturated carbocycles. The van der Waals surface area contributed by atoms with Gasteiger partial charge in [-0.1, -0.05) is 13.8 Å². The first-order valence-electron chi connectivity index (χ1n) is 13.6. The Morgan fingerprint density at radius 3 is 2.44 bits per heavy atom. The number of rotatable bonds is 10. The number of hydrogen-bond acceptors (Lipinski definition) is 4. The second-order valence-electron chi connectivity index (χ2n) is 10.8. The normalized spacial score (nSPS) is 17.3. The Kier molecular flexibility index (Phi) is 10.5. The molecule has 1 aliphatic rings. The molecular formula is C28H36F5N5O3. The molecule has 2 heterocycles. The molecule has 1 aliphatic heterocycles. The van der Waals surface area contributed by atoms with Gasteiger partial charge in [0.15, 0.2) is 0 Å². The van der Waals surface area contributed by atoms with E-state index in [1.165, 1.54) is 16.8 Å². The van der Waals surface area contributed by atoms with Crippen LogP contribution in [0.3, 0.4) is 0 Å². The van der Waals surface area contributed by atoms with Crippen LogP contribution < -0.4 is 10.6 Å². The molecule has 0 radical (unpaired) electrons. The van der Waals surface area contributed by atoms with Crippen molar-refractivity contribution in [1.29, 1.82) is 0 Å². The van der Waals surface area contributed by atoms with Gasteiger partial charge >= 0.3 is 6.18 Å². The lowest BCUT2D eigenvalue weighted by atomic mass is 10.00. The fourth-order valence-corrected chi connectivity index (χ4v) is 4.85. The van der Waals surface area contributed by atoms with Crippen molar-refractivity contribution in [2.75, 3.05) is 6.54 Å². The lowest BCUT2D eigenvalue weighted by molar-refractivity contribution is -0.196. The smallest absolute Gasteiger partial charge is 0.345 e. The molecule has 1 aromatic heterocycles. The maximum atomic E-state index is 14.3. The number of nitrogens with one attached hydrogen (secondary N) is 2. The van der Waals surface area contributed by atoms with Gasteiger partial charge in [-0.05, 0) is 50.7 Å². The van der Waals surface area contributed by atoms with E-state index in [2.05, 4.69) is 15.6 Å². The molecule has 0 unspecified atom stereocenters. The number of piperidine rings is 1. The number of halogens is 5. The molecule has 13 heteroatoms. The molecule has 3 atom stereocenters. The lowest BCUT2D eigenvalue weighted by Crippen LogP contribution is -2.55. The van der Waals surface area contributed by atoms with Crippen molar-refractivity contribution in [3.05, 3.63) is 41.9 Å². The van der Waals surface area contributed by atoms with Crippen molar-refractivity contribution >= 4 is 17.7 Å².